The van der Waals surface area contributed by atoms with Gasteiger partial charge in [-0.3, -0.25) is 13.8 Å². The molecule has 0 amide bonds. The van der Waals surface area contributed by atoms with Crippen molar-refractivity contribution in [2.75, 3.05) is 33.0 Å². The molecule has 9 heteroatoms. The van der Waals surface area contributed by atoms with Gasteiger partial charge in [-0.2, -0.15) is 0 Å². The van der Waals surface area contributed by atoms with Gasteiger partial charge in [-0.25, -0.2) is 4.57 Å². The standard InChI is InChI=1S/C40H76NO7P/c1-3-5-7-9-11-13-15-17-19-20-22-24-26-28-30-32-35-45-37-39(38-47-49(43,44)46-36-34-41)48-40(42)33-31-29-27-25-23-21-18-16-14-12-10-8-6-4-2/h5,7,11,13,17,19,39H,3-4,6,8-10,12,14-16,18,20-38,41H2,1-2H3,(H,43,44)/b7-5-,13-11-,19-17-. The summed E-state index contributed by atoms with van der Waals surface area (Å²) in [7, 11) is -4.27. The second-order valence-corrected chi connectivity index (χ2v) is 14.6. The maximum atomic E-state index is 12.5. The van der Waals surface area contributed by atoms with Gasteiger partial charge in [-0.15, -0.1) is 0 Å². The third-order valence-electron chi connectivity index (χ3n) is 8.32. The van der Waals surface area contributed by atoms with Crippen molar-refractivity contribution in [3.63, 3.8) is 0 Å². The quantitative estimate of drug-likeness (QED) is 0.0281. The van der Waals surface area contributed by atoms with Crippen molar-refractivity contribution in [2.24, 2.45) is 5.73 Å². The van der Waals surface area contributed by atoms with Crippen LogP contribution in [-0.2, 0) is 27.9 Å². The molecule has 0 aliphatic carbocycles. The third-order valence-corrected chi connectivity index (χ3v) is 9.31. The van der Waals surface area contributed by atoms with Crippen LogP contribution in [0.2, 0.25) is 0 Å². The molecule has 0 spiro atoms. The number of carbonyl (C=O) groups excluding carboxylic acids is 1. The van der Waals surface area contributed by atoms with Crippen LogP contribution in [-0.4, -0.2) is 49.9 Å². The van der Waals surface area contributed by atoms with E-state index >= 15 is 0 Å². The van der Waals surface area contributed by atoms with Crippen LogP contribution in [0.5, 0.6) is 0 Å². The van der Waals surface area contributed by atoms with E-state index in [2.05, 4.69) is 50.3 Å². The fourth-order valence-corrected chi connectivity index (χ4v) is 6.19. The second kappa shape index (κ2) is 38.0. The molecule has 0 aromatic heterocycles. The lowest BCUT2D eigenvalue weighted by atomic mass is 10.0. The van der Waals surface area contributed by atoms with Gasteiger partial charge in [0.15, 0.2) is 0 Å². The topological polar surface area (TPSA) is 117 Å². The number of unbranched alkanes of at least 4 members (excludes halogenated alkanes) is 19. The Labute approximate surface area is 301 Å². The zero-order chi connectivity index (χ0) is 35.9. The lowest BCUT2D eigenvalue weighted by molar-refractivity contribution is -0.154. The average Bonchev–Trinajstić information content (AvgIpc) is 3.09. The van der Waals surface area contributed by atoms with Gasteiger partial charge in [-0.1, -0.05) is 159 Å². The van der Waals surface area contributed by atoms with E-state index in [9.17, 15) is 14.3 Å². The van der Waals surface area contributed by atoms with E-state index in [4.69, 9.17) is 24.3 Å². The molecule has 0 aromatic rings. The molecule has 0 radical (unpaired) electrons. The minimum atomic E-state index is -4.27. The number of phosphoric acid groups is 1. The van der Waals surface area contributed by atoms with Crippen LogP contribution in [0.4, 0.5) is 0 Å². The zero-order valence-electron chi connectivity index (χ0n) is 31.7. The summed E-state index contributed by atoms with van der Waals surface area (Å²) in [6.07, 6.45) is 41.5. The van der Waals surface area contributed by atoms with Crippen LogP contribution in [0.1, 0.15) is 174 Å². The molecule has 0 aliphatic heterocycles. The second-order valence-electron chi connectivity index (χ2n) is 13.1. The maximum Gasteiger partial charge on any atom is 0.472 e. The summed E-state index contributed by atoms with van der Waals surface area (Å²) in [5.74, 6) is -0.335. The Morgan fingerprint density at radius 2 is 1.14 bits per heavy atom. The lowest BCUT2D eigenvalue weighted by Crippen LogP contribution is -2.28. The van der Waals surface area contributed by atoms with Crippen LogP contribution in [0.15, 0.2) is 36.5 Å². The van der Waals surface area contributed by atoms with E-state index in [-0.39, 0.29) is 32.3 Å². The molecule has 3 N–H and O–H groups in total. The molecule has 2 unspecified atom stereocenters. The highest BCUT2D eigenvalue weighted by atomic mass is 31.2. The van der Waals surface area contributed by atoms with E-state index in [1.807, 2.05) is 0 Å². The van der Waals surface area contributed by atoms with Gasteiger partial charge in [0.1, 0.15) is 6.10 Å². The average molecular weight is 714 g/mol. The van der Waals surface area contributed by atoms with Gasteiger partial charge >= 0.3 is 13.8 Å². The normalized spacial score (nSPS) is 14.0. The first-order chi connectivity index (χ1) is 23.9. The summed E-state index contributed by atoms with van der Waals surface area (Å²) in [5.41, 5.74) is 5.36. The molecule has 0 saturated heterocycles. The Kier molecular flexibility index (Phi) is 37.0. The van der Waals surface area contributed by atoms with Gasteiger partial charge in [0, 0.05) is 19.6 Å². The summed E-state index contributed by atoms with van der Waals surface area (Å²) >= 11 is 0. The highest BCUT2D eigenvalue weighted by molar-refractivity contribution is 7.47. The number of ether oxygens (including phenoxy) is 2. The van der Waals surface area contributed by atoms with E-state index in [1.54, 1.807) is 0 Å². The Morgan fingerprint density at radius 3 is 1.71 bits per heavy atom. The minimum Gasteiger partial charge on any atom is -0.457 e. The van der Waals surface area contributed by atoms with E-state index < -0.39 is 13.9 Å². The number of nitrogens with two attached hydrogens (primary N) is 1. The summed E-state index contributed by atoms with van der Waals surface area (Å²) in [6.45, 7) is 4.79. The van der Waals surface area contributed by atoms with Crippen LogP contribution >= 0.6 is 7.82 Å². The first-order valence-corrected chi connectivity index (χ1v) is 21.5. The molecule has 2 atom stereocenters. The fraction of sp³-hybridized carbons (Fsp3) is 0.825. The van der Waals surface area contributed by atoms with Crippen LogP contribution in [0.25, 0.3) is 0 Å². The SMILES string of the molecule is CC/C=C\C/C=C\C/C=C\CCCCCCCCOCC(COP(=O)(O)OCCN)OC(=O)CCCCCCCCCCCCCCCC. The molecule has 288 valence electrons. The van der Waals surface area contributed by atoms with Crippen molar-refractivity contribution >= 4 is 13.8 Å². The van der Waals surface area contributed by atoms with E-state index in [0.29, 0.717) is 13.0 Å². The van der Waals surface area contributed by atoms with Crippen LogP contribution in [0, 0.1) is 0 Å². The molecule has 0 aromatic carbocycles. The summed E-state index contributed by atoms with van der Waals surface area (Å²) in [4.78, 5) is 22.4. The lowest BCUT2D eigenvalue weighted by Gasteiger charge is -2.20. The number of allylic oxidation sites excluding steroid dienone is 6. The predicted octanol–water partition coefficient (Wildman–Crippen LogP) is 11.5. The molecule has 0 rings (SSSR count). The van der Waals surface area contributed by atoms with Crippen LogP contribution < -0.4 is 5.73 Å². The smallest absolute Gasteiger partial charge is 0.457 e. The van der Waals surface area contributed by atoms with Crippen molar-refractivity contribution in [1.29, 1.82) is 0 Å². The van der Waals surface area contributed by atoms with Gasteiger partial charge in [0.25, 0.3) is 0 Å². The van der Waals surface area contributed by atoms with Crippen LogP contribution in [0.3, 0.4) is 0 Å². The number of carbonyl (C=O) groups is 1. The number of hydrogen-bond donors (Lipinski definition) is 2. The molecule has 0 heterocycles. The highest BCUT2D eigenvalue weighted by Crippen LogP contribution is 2.43. The van der Waals surface area contributed by atoms with Crippen molar-refractivity contribution in [3.8, 4) is 0 Å². The fourth-order valence-electron chi connectivity index (χ4n) is 5.42. The molecule has 49 heavy (non-hydrogen) atoms. The summed E-state index contributed by atoms with van der Waals surface area (Å²) in [5, 5.41) is 0. The molecule has 0 saturated carbocycles. The molecular weight excluding hydrogens is 637 g/mol. The van der Waals surface area contributed by atoms with Gasteiger partial charge in [-0.05, 0) is 44.9 Å². The van der Waals surface area contributed by atoms with E-state index in [1.165, 1.54) is 89.9 Å². The molecule has 0 bridgehead atoms. The number of hydrogen-bond acceptors (Lipinski definition) is 7. The molecule has 0 fully saturated rings. The van der Waals surface area contributed by atoms with Crippen molar-refractivity contribution in [1.82, 2.24) is 0 Å². The largest absolute Gasteiger partial charge is 0.472 e. The number of rotatable bonds is 38. The third kappa shape index (κ3) is 37.8. The summed E-state index contributed by atoms with van der Waals surface area (Å²) < 4.78 is 33.3. The highest BCUT2D eigenvalue weighted by Gasteiger charge is 2.25. The predicted molar refractivity (Wildman–Crippen MR) is 206 cm³/mol. The minimum absolute atomic E-state index is 0.0976. The monoisotopic (exact) mass is 714 g/mol. The van der Waals surface area contributed by atoms with E-state index in [0.717, 1.165) is 64.2 Å². The van der Waals surface area contributed by atoms with Gasteiger partial charge in [0.2, 0.25) is 0 Å². The van der Waals surface area contributed by atoms with Crippen molar-refractivity contribution in [3.05, 3.63) is 36.5 Å². The van der Waals surface area contributed by atoms with Crippen molar-refractivity contribution in [2.45, 2.75) is 180 Å². The Bertz CT molecular complexity index is 848. The number of phosphoric ester groups is 1. The summed E-state index contributed by atoms with van der Waals surface area (Å²) in [6, 6.07) is 0. The first-order valence-electron chi connectivity index (χ1n) is 20.0. The zero-order valence-corrected chi connectivity index (χ0v) is 32.6. The first kappa shape index (κ1) is 47.7. The van der Waals surface area contributed by atoms with Gasteiger partial charge in [0.05, 0.1) is 19.8 Å². The maximum absolute atomic E-state index is 12.5. The van der Waals surface area contributed by atoms with Crippen molar-refractivity contribution < 1.29 is 32.8 Å². The molecule has 8 nitrogen and oxygen atoms in total. The Hall–Kier alpha value is -1.28. The number of esters is 1. The van der Waals surface area contributed by atoms with Gasteiger partial charge < -0.3 is 20.1 Å². The molecular formula is C40H76NO7P. The Morgan fingerprint density at radius 1 is 0.633 bits per heavy atom. The Balaban J connectivity index is 4.08. The molecule has 0 aliphatic rings.